The summed E-state index contributed by atoms with van der Waals surface area (Å²) in [5, 5.41) is 9.32. The molecule has 0 radical (unpaired) electrons. The van der Waals surface area contributed by atoms with Gasteiger partial charge in [0, 0.05) is 36.6 Å². The van der Waals surface area contributed by atoms with E-state index in [4.69, 9.17) is 4.98 Å². The topological polar surface area (TPSA) is 78.7 Å². The fraction of sp³-hybridized carbons (Fsp3) is 0.458. The summed E-state index contributed by atoms with van der Waals surface area (Å²) in [5.41, 5.74) is 2.80. The van der Waals surface area contributed by atoms with Crippen LogP contribution in [0, 0.1) is 5.92 Å². The number of benzene rings is 1. The Morgan fingerprint density at radius 3 is 2.69 bits per heavy atom. The molecule has 1 N–H and O–H groups in total. The van der Waals surface area contributed by atoms with Crippen LogP contribution < -0.4 is 4.90 Å². The van der Waals surface area contributed by atoms with Crippen molar-refractivity contribution in [3.8, 4) is 0 Å². The van der Waals surface area contributed by atoms with Crippen LogP contribution in [0.2, 0.25) is 0 Å². The van der Waals surface area contributed by atoms with Crippen molar-refractivity contribution in [2.75, 3.05) is 18.0 Å². The van der Waals surface area contributed by atoms with Crippen LogP contribution in [0.5, 0.6) is 0 Å². The molecule has 1 aliphatic carbocycles. The molecule has 2 aromatic rings. The lowest BCUT2D eigenvalue weighted by Gasteiger charge is -2.45. The van der Waals surface area contributed by atoms with Crippen molar-refractivity contribution in [3.05, 3.63) is 52.9 Å². The number of imidazole rings is 1. The Morgan fingerprint density at radius 1 is 1.25 bits per heavy atom. The van der Waals surface area contributed by atoms with Crippen molar-refractivity contribution >= 4 is 23.9 Å². The van der Waals surface area contributed by atoms with Gasteiger partial charge in [-0.05, 0) is 37.3 Å². The van der Waals surface area contributed by atoms with E-state index in [1.54, 1.807) is 4.90 Å². The van der Waals surface area contributed by atoms with Crippen molar-refractivity contribution in [1.29, 1.82) is 0 Å². The molecule has 8 heteroatoms. The Labute approximate surface area is 186 Å². The number of amides is 2. The van der Waals surface area contributed by atoms with E-state index in [1.165, 1.54) is 11.1 Å². The number of fused-ring (bicyclic) bond motifs is 3. The van der Waals surface area contributed by atoms with E-state index in [-0.39, 0.29) is 37.3 Å². The highest BCUT2D eigenvalue weighted by atomic mass is 19.1. The first-order valence-corrected chi connectivity index (χ1v) is 11.2. The molecule has 1 aromatic heterocycles. The monoisotopic (exact) mass is 438 g/mol. The smallest absolute Gasteiger partial charge is 0.407 e. The molecule has 5 rings (SSSR count). The molecule has 2 amide bonds. The zero-order valence-electron chi connectivity index (χ0n) is 18.3. The number of carbonyl (C=O) groups is 2. The number of aromatic nitrogens is 2. The Bertz CT molecular complexity index is 1130. The Morgan fingerprint density at radius 2 is 1.97 bits per heavy atom. The molecule has 0 saturated carbocycles. The second kappa shape index (κ2) is 7.46. The molecule has 1 saturated heterocycles. The van der Waals surface area contributed by atoms with Crippen LogP contribution >= 0.6 is 0 Å². The minimum absolute atomic E-state index is 0.114. The molecule has 7 nitrogen and oxygen atoms in total. The number of para-hydroxylation sites is 1. The summed E-state index contributed by atoms with van der Waals surface area (Å²) in [7, 11) is 0. The van der Waals surface area contributed by atoms with Crippen LogP contribution in [0.1, 0.15) is 49.5 Å². The summed E-state index contributed by atoms with van der Waals surface area (Å²) in [5.74, 6) is 0.0657. The normalized spacial score (nSPS) is 19.4. The molecule has 32 heavy (non-hydrogen) atoms. The van der Waals surface area contributed by atoms with Gasteiger partial charge < -0.3 is 19.5 Å². The summed E-state index contributed by atoms with van der Waals surface area (Å²) < 4.78 is 16.5. The summed E-state index contributed by atoms with van der Waals surface area (Å²) in [6.07, 6.45) is 4.29. The maximum Gasteiger partial charge on any atom is 0.407 e. The third-order valence-corrected chi connectivity index (χ3v) is 6.90. The van der Waals surface area contributed by atoms with Gasteiger partial charge in [-0.3, -0.25) is 4.79 Å². The van der Waals surface area contributed by atoms with Crippen molar-refractivity contribution in [1.82, 2.24) is 14.5 Å². The fourth-order valence-electron chi connectivity index (χ4n) is 5.10. The first kappa shape index (κ1) is 20.7. The average molecular weight is 439 g/mol. The number of aryl methyl sites for hydroxylation is 1. The predicted octanol–water partition coefficient (Wildman–Crippen LogP) is 3.96. The van der Waals surface area contributed by atoms with Crippen LogP contribution in [0.15, 0.2) is 30.1 Å². The summed E-state index contributed by atoms with van der Waals surface area (Å²) in [6.45, 7) is 4.15. The third kappa shape index (κ3) is 3.04. The zero-order chi connectivity index (χ0) is 22.6. The second-order valence-electron chi connectivity index (χ2n) is 9.30. The van der Waals surface area contributed by atoms with Crippen LogP contribution in [-0.4, -0.2) is 44.6 Å². The molecular weight excluding hydrogens is 411 g/mol. The SMILES string of the molecule is CC(C)/C(F)=C/n1c(CN2C(=O)C3(CN(C(=O)O)C3)c3ccccc32)nc2c1CCCC2. The van der Waals surface area contributed by atoms with Gasteiger partial charge in [-0.2, -0.15) is 0 Å². The molecule has 0 bridgehead atoms. The molecule has 1 aromatic carbocycles. The van der Waals surface area contributed by atoms with Crippen LogP contribution in [0.4, 0.5) is 14.9 Å². The van der Waals surface area contributed by atoms with Gasteiger partial charge in [0.15, 0.2) is 0 Å². The number of carboxylic acid groups (broad SMARTS) is 1. The highest BCUT2D eigenvalue weighted by molar-refractivity contribution is 6.09. The van der Waals surface area contributed by atoms with Crippen LogP contribution in [-0.2, 0) is 29.6 Å². The van der Waals surface area contributed by atoms with E-state index < -0.39 is 11.5 Å². The largest absolute Gasteiger partial charge is 0.465 e. The van der Waals surface area contributed by atoms with E-state index in [9.17, 15) is 19.1 Å². The number of anilines is 1. The van der Waals surface area contributed by atoms with Crippen molar-refractivity contribution in [2.24, 2.45) is 5.92 Å². The number of nitrogens with zero attached hydrogens (tertiary/aromatic N) is 4. The predicted molar refractivity (Wildman–Crippen MR) is 118 cm³/mol. The molecule has 2 aliphatic heterocycles. The lowest BCUT2D eigenvalue weighted by atomic mass is 9.75. The minimum atomic E-state index is -1.02. The Kier molecular flexibility index (Phi) is 4.83. The van der Waals surface area contributed by atoms with Gasteiger partial charge in [-0.15, -0.1) is 0 Å². The van der Waals surface area contributed by atoms with Crippen LogP contribution in [0.3, 0.4) is 0 Å². The minimum Gasteiger partial charge on any atom is -0.465 e. The first-order valence-electron chi connectivity index (χ1n) is 11.2. The Balaban J connectivity index is 1.54. The molecule has 1 fully saturated rings. The summed E-state index contributed by atoms with van der Waals surface area (Å²) in [4.78, 5) is 32.8. The van der Waals surface area contributed by atoms with Gasteiger partial charge in [0.25, 0.3) is 0 Å². The van der Waals surface area contributed by atoms with E-state index in [0.29, 0.717) is 5.82 Å². The molecule has 3 heterocycles. The average Bonchev–Trinajstić information content (AvgIpc) is 3.20. The van der Waals surface area contributed by atoms with Gasteiger partial charge >= 0.3 is 6.09 Å². The second-order valence-corrected chi connectivity index (χ2v) is 9.30. The maximum atomic E-state index is 14.6. The van der Waals surface area contributed by atoms with Crippen LogP contribution in [0.25, 0.3) is 6.20 Å². The quantitative estimate of drug-likeness (QED) is 0.784. The van der Waals surface area contributed by atoms with Gasteiger partial charge in [-0.1, -0.05) is 32.0 Å². The van der Waals surface area contributed by atoms with Gasteiger partial charge in [0.2, 0.25) is 5.91 Å². The number of likely N-dealkylation sites (tertiary alicyclic amines) is 1. The number of carbonyl (C=O) groups excluding carboxylic acids is 1. The van der Waals surface area contributed by atoms with E-state index in [2.05, 4.69) is 0 Å². The highest BCUT2D eigenvalue weighted by Gasteiger charge is 2.59. The number of hydrogen-bond donors (Lipinski definition) is 1. The van der Waals surface area contributed by atoms with E-state index in [0.717, 1.165) is 48.3 Å². The number of allylic oxidation sites excluding steroid dienone is 1. The van der Waals surface area contributed by atoms with Crippen molar-refractivity contribution < 1.29 is 19.1 Å². The summed E-state index contributed by atoms with van der Waals surface area (Å²) in [6, 6.07) is 7.55. The number of rotatable bonds is 4. The molecule has 168 valence electrons. The molecule has 0 atom stereocenters. The van der Waals surface area contributed by atoms with Gasteiger partial charge in [0.1, 0.15) is 17.1 Å². The molecule has 0 unspecified atom stereocenters. The van der Waals surface area contributed by atoms with E-state index in [1.807, 2.05) is 42.7 Å². The lowest BCUT2D eigenvalue weighted by molar-refractivity contribution is -0.128. The van der Waals surface area contributed by atoms with Crippen molar-refractivity contribution in [3.63, 3.8) is 0 Å². The van der Waals surface area contributed by atoms with Gasteiger partial charge in [0.05, 0.1) is 12.2 Å². The lowest BCUT2D eigenvalue weighted by Crippen LogP contribution is -2.65. The maximum absolute atomic E-state index is 14.6. The third-order valence-electron chi connectivity index (χ3n) is 6.90. The molecule has 3 aliphatic rings. The number of hydrogen-bond acceptors (Lipinski definition) is 3. The van der Waals surface area contributed by atoms with E-state index >= 15 is 0 Å². The molecular formula is C24H27FN4O3. The fourth-order valence-corrected chi connectivity index (χ4v) is 5.10. The van der Waals surface area contributed by atoms with Gasteiger partial charge in [-0.25, -0.2) is 14.2 Å². The number of halogens is 1. The zero-order valence-corrected chi connectivity index (χ0v) is 18.3. The summed E-state index contributed by atoms with van der Waals surface area (Å²) >= 11 is 0. The van der Waals surface area contributed by atoms with Crippen molar-refractivity contribution in [2.45, 2.75) is 51.5 Å². The first-order chi connectivity index (χ1) is 15.3. The Hall–Kier alpha value is -3.16. The standard InChI is InChI=1S/C24H27FN4O3/c1-15(2)17(25)11-28-20-10-6-4-8-18(20)26-21(28)12-29-19-9-5-3-7-16(19)24(22(29)30)13-27(14-24)23(31)32/h3,5,7,9,11,15H,4,6,8,10,12-14H2,1-2H3,(H,31,32)/b17-11-. The molecule has 1 spiro atoms. The highest BCUT2D eigenvalue weighted by Crippen LogP contribution is 2.47.